The maximum absolute atomic E-state index is 14.1. The summed E-state index contributed by atoms with van der Waals surface area (Å²) >= 11 is 18.6. The molecular formula is C21H19Cl3FN3O2. The number of benzene rings is 2. The lowest BCUT2D eigenvalue weighted by Crippen LogP contribution is -2.51. The molecule has 0 aliphatic carbocycles. The molecule has 0 saturated carbocycles. The van der Waals surface area contributed by atoms with E-state index in [2.05, 4.69) is 10.1 Å². The largest absolute Gasteiger partial charge is 0.382 e. The first-order valence-electron chi connectivity index (χ1n) is 9.55. The highest BCUT2D eigenvalue weighted by Gasteiger charge is 2.35. The molecule has 1 fully saturated rings. The Hall–Kier alpha value is -1.86. The highest BCUT2D eigenvalue weighted by molar-refractivity contribution is 6.36. The molecule has 2 aliphatic heterocycles. The Kier molecular flexibility index (Phi) is 6.48. The Morgan fingerprint density at radius 2 is 1.67 bits per heavy atom. The summed E-state index contributed by atoms with van der Waals surface area (Å²) in [5.74, 6) is -0.638. The first-order valence-corrected chi connectivity index (χ1v) is 10.7. The van der Waals surface area contributed by atoms with Gasteiger partial charge in [-0.05, 0) is 24.3 Å². The summed E-state index contributed by atoms with van der Waals surface area (Å²) in [6, 6.07) is 9.87. The molecule has 9 heteroatoms. The minimum Gasteiger partial charge on any atom is -0.382 e. The fraction of sp³-hybridized carbons (Fsp3) is 0.333. The number of piperazine rings is 1. The third-order valence-corrected chi connectivity index (χ3v) is 6.35. The van der Waals surface area contributed by atoms with Gasteiger partial charge in [0, 0.05) is 54.8 Å². The molecular weight excluding hydrogens is 452 g/mol. The van der Waals surface area contributed by atoms with Crippen molar-refractivity contribution in [2.24, 2.45) is 5.16 Å². The molecule has 30 heavy (non-hydrogen) atoms. The van der Waals surface area contributed by atoms with Gasteiger partial charge in [-0.3, -0.25) is 9.69 Å². The number of carbonyl (C=O) groups is 1. The van der Waals surface area contributed by atoms with Gasteiger partial charge in [0.1, 0.15) is 5.82 Å². The smallest absolute Gasteiger partial charge is 0.266 e. The van der Waals surface area contributed by atoms with Gasteiger partial charge in [0.2, 0.25) is 6.10 Å². The molecule has 1 unspecified atom stereocenters. The van der Waals surface area contributed by atoms with Crippen LogP contribution in [-0.2, 0) is 16.2 Å². The lowest BCUT2D eigenvalue weighted by molar-refractivity contribution is -0.143. The maximum Gasteiger partial charge on any atom is 0.266 e. The number of hydrogen-bond acceptors (Lipinski definition) is 4. The SMILES string of the molecule is O=C(C1CC(c2c(F)cccc2Cl)=NO1)N1CCN(Cc2c(Cl)cccc2Cl)CC1. The second-order valence-corrected chi connectivity index (χ2v) is 8.46. The molecule has 2 aliphatic rings. The van der Waals surface area contributed by atoms with Gasteiger partial charge < -0.3 is 9.74 Å². The van der Waals surface area contributed by atoms with E-state index in [9.17, 15) is 9.18 Å². The van der Waals surface area contributed by atoms with Crippen LogP contribution in [0.25, 0.3) is 0 Å². The topological polar surface area (TPSA) is 45.1 Å². The van der Waals surface area contributed by atoms with Crippen LogP contribution in [-0.4, -0.2) is 53.7 Å². The van der Waals surface area contributed by atoms with Crippen LogP contribution < -0.4 is 0 Å². The Labute approximate surface area is 188 Å². The van der Waals surface area contributed by atoms with Gasteiger partial charge in [0.15, 0.2) is 0 Å². The Balaban J connectivity index is 1.33. The van der Waals surface area contributed by atoms with E-state index >= 15 is 0 Å². The first kappa shape index (κ1) is 21.4. The van der Waals surface area contributed by atoms with Crippen molar-refractivity contribution in [3.05, 3.63) is 68.4 Å². The third-order valence-electron chi connectivity index (χ3n) is 5.32. The van der Waals surface area contributed by atoms with Crippen molar-refractivity contribution in [3.63, 3.8) is 0 Å². The van der Waals surface area contributed by atoms with E-state index in [0.29, 0.717) is 48.5 Å². The van der Waals surface area contributed by atoms with Crippen molar-refractivity contribution in [1.82, 2.24) is 9.80 Å². The fourth-order valence-corrected chi connectivity index (χ4v) is 4.46. The summed E-state index contributed by atoms with van der Waals surface area (Å²) in [7, 11) is 0. The normalized spacial score (nSPS) is 19.5. The Morgan fingerprint density at radius 3 is 2.33 bits per heavy atom. The second-order valence-electron chi connectivity index (χ2n) is 7.23. The molecule has 1 atom stereocenters. The molecule has 1 saturated heterocycles. The van der Waals surface area contributed by atoms with Crippen molar-refractivity contribution < 1.29 is 14.0 Å². The number of rotatable bonds is 4. The predicted molar refractivity (Wildman–Crippen MR) is 116 cm³/mol. The number of hydrogen-bond donors (Lipinski definition) is 0. The highest BCUT2D eigenvalue weighted by Crippen LogP contribution is 2.28. The van der Waals surface area contributed by atoms with Crippen molar-refractivity contribution in [3.8, 4) is 0 Å². The standard InChI is InChI=1S/C21H19Cl3FN3O2/c22-14-3-1-4-15(23)13(14)12-27-7-9-28(10-8-27)21(29)19-11-18(26-30-19)20-16(24)5-2-6-17(20)25/h1-6,19H,7-12H2. The molecule has 0 radical (unpaired) electrons. The zero-order valence-corrected chi connectivity index (χ0v) is 18.2. The van der Waals surface area contributed by atoms with Gasteiger partial charge in [-0.1, -0.05) is 52.1 Å². The van der Waals surface area contributed by atoms with E-state index < -0.39 is 11.9 Å². The molecule has 0 bridgehead atoms. The molecule has 5 nitrogen and oxygen atoms in total. The summed E-state index contributed by atoms with van der Waals surface area (Å²) in [4.78, 5) is 22.1. The quantitative estimate of drug-likeness (QED) is 0.655. The number of halogens is 4. The summed E-state index contributed by atoms with van der Waals surface area (Å²) in [5, 5.41) is 5.44. The van der Waals surface area contributed by atoms with E-state index in [1.165, 1.54) is 12.1 Å². The van der Waals surface area contributed by atoms with Crippen molar-refractivity contribution in [2.75, 3.05) is 26.2 Å². The van der Waals surface area contributed by atoms with Crippen LogP contribution in [0.2, 0.25) is 15.1 Å². The molecule has 2 aromatic carbocycles. The second kappa shape index (κ2) is 9.10. The highest BCUT2D eigenvalue weighted by atomic mass is 35.5. The summed E-state index contributed by atoms with van der Waals surface area (Å²) in [6.07, 6.45) is -0.574. The molecule has 0 aromatic heterocycles. The van der Waals surface area contributed by atoms with Crippen LogP contribution in [0.4, 0.5) is 4.39 Å². The number of nitrogens with zero attached hydrogens (tertiary/aromatic N) is 3. The minimum atomic E-state index is -0.764. The monoisotopic (exact) mass is 469 g/mol. The molecule has 1 amide bonds. The lowest BCUT2D eigenvalue weighted by Gasteiger charge is -2.35. The minimum absolute atomic E-state index is 0.156. The zero-order valence-electron chi connectivity index (χ0n) is 16.0. The molecule has 2 heterocycles. The first-order chi connectivity index (χ1) is 14.4. The van der Waals surface area contributed by atoms with Crippen LogP contribution in [0.15, 0.2) is 41.6 Å². The number of amides is 1. The van der Waals surface area contributed by atoms with Gasteiger partial charge in [-0.25, -0.2) is 4.39 Å². The van der Waals surface area contributed by atoms with E-state index in [4.69, 9.17) is 39.6 Å². The van der Waals surface area contributed by atoms with Crippen LogP contribution >= 0.6 is 34.8 Å². The van der Waals surface area contributed by atoms with Gasteiger partial charge in [0.05, 0.1) is 16.3 Å². The van der Waals surface area contributed by atoms with Crippen LogP contribution in [0.5, 0.6) is 0 Å². The van der Waals surface area contributed by atoms with E-state index in [1.54, 1.807) is 11.0 Å². The zero-order chi connectivity index (χ0) is 21.3. The van der Waals surface area contributed by atoms with Gasteiger partial charge in [-0.15, -0.1) is 0 Å². The van der Waals surface area contributed by atoms with Gasteiger partial charge in [0.25, 0.3) is 5.91 Å². The van der Waals surface area contributed by atoms with Crippen LogP contribution in [0, 0.1) is 5.82 Å². The Morgan fingerprint density at radius 1 is 1.03 bits per heavy atom. The van der Waals surface area contributed by atoms with E-state index in [1.807, 2.05) is 18.2 Å². The van der Waals surface area contributed by atoms with Crippen molar-refractivity contribution in [2.45, 2.75) is 19.1 Å². The molecule has 2 aromatic rings. The van der Waals surface area contributed by atoms with Crippen LogP contribution in [0.3, 0.4) is 0 Å². The number of carbonyl (C=O) groups excluding carboxylic acids is 1. The van der Waals surface area contributed by atoms with Crippen molar-refractivity contribution in [1.29, 1.82) is 0 Å². The lowest BCUT2D eigenvalue weighted by atomic mass is 10.0. The third kappa shape index (κ3) is 4.42. The van der Waals surface area contributed by atoms with E-state index in [-0.39, 0.29) is 22.9 Å². The average molecular weight is 471 g/mol. The predicted octanol–water partition coefficient (Wildman–Crippen LogP) is 4.62. The van der Waals surface area contributed by atoms with Crippen LogP contribution in [0.1, 0.15) is 17.5 Å². The summed E-state index contributed by atoms with van der Waals surface area (Å²) in [5.41, 5.74) is 1.43. The fourth-order valence-electron chi connectivity index (χ4n) is 3.67. The number of oxime groups is 1. The Bertz CT molecular complexity index is 953. The van der Waals surface area contributed by atoms with Gasteiger partial charge >= 0.3 is 0 Å². The molecule has 4 rings (SSSR count). The maximum atomic E-state index is 14.1. The van der Waals surface area contributed by atoms with Gasteiger partial charge in [-0.2, -0.15) is 0 Å². The molecule has 0 spiro atoms. The molecule has 0 N–H and O–H groups in total. The average Bonchev–Trinajstić information content (AvgIpc) is 3.20. The van der Waals surface area contributed by atoms with Crippen molar-refractivity contribution >= 4 is 46.4 Å². The van der Waals surface area contributed by atoms with E-state index in [0.717, 1.165) is 5.56 Å². The molecule has 158 valence electrons. The summed E-state index contributed by atoms with van der Waals surface area (Å²) in [6.45, 7) is 3.10. The summed E-state index contributed by atoms with van der Waals surface area (Å²) < 4.78 is 14.1.